The molecule has 0 bridgehead atoms. The fourth-order valence-corrected chi connectivity index (χ4v) is 5.04. The molecule has 192 valence electrons. The zero-order valence-electron chi connectivity index (χ0n) is 20.9. The number of nitrogens with zero attached hydrogens (tertiary/aromatic N) is 2. The van der Waals surface area contributed by atoms with E-state index in [0.717, 1.165) is 21.7 Å². The maximum Gasteiger partial charge on any atom is 0.244 e. The standard InChI is InChI=1S/C25H33Cl2N3O4S/c1-7-22(25(32)28-16(2)3)29(14-19-9-10-20(26)21(27)13-19)24(31)15-30(35(6,33)34)23-11-8-17(4)12-18(23)5/h8-13,16,22H,7,14-15H2,1-6H3,(H,28,32)/t22-/m1/s1. The molecule has 10 heteroatoms. The van der Waals surface area contributed by atoms with Gasteiger partial charge in [-0.05, 0) is 63.4 Å². The summed E-state index contributed by atoms with van der Waals surface area (Å²) in [6, 6.07) is 9.39. The topological polar surface area (TPSA) is 86.8 Å². The molecule has 0 aliphatic carbocycles. The van der Waals surface area contributed by atoms with E-state index in [1.54, 1.807) is 44.2 Å². The second kappa shape index (κ2) is 12.1. The van der Waals surface area contributed by atoms with Crippen molar-refractivity contribution in [2.24, 2.45) is 0 Å². The first-order valence-electron chi connectivity index (χ1n) is 11.3. The predicted molar refractivity (Wildman–Crippen MR) is 142 cm³/mol. The first-order valence-corrected chi connectivity index (χ1v) is 13.9. The van der Waals surface area contributed by atoms with E-state index in [1.807, 2.05) is 26.8 Å². The van der Waals surface area contributed by atoms with E-state index in [1.165, 1.54) is 4.90 Å². The Bertz CT molecular complexity index is 1190. The molecule has 2 rings (SSSR count). The Labute approximate surface area is 218 Å². The van der Waals surface area contributed by atoms with Crippen LogP contribution in [0.4, 0.5) is 5.69 Å². The number of aryl methyl sites for hydroxylation is 2. The zero-order valence-corrected chi connectivity index (χ0v) is 23.3. The molecule has 1 N–H and O–H groups in total. The summed E-state index contributed by atoms with van der Waals surface area (Å²) in [7, 11) is -3.79. The molecular weight excluding hydrogens is 509 g/mol. The van der Waals surface area contributed by atoms with Gasteiger partial charge < -0.3 is 10.2 Å². The minimum absolute atomic E-state index is 0.0597. The highest BCUT2D eigenvalue weighted by molar-refractivity contribution is 7.92. The van der Waals surface area contributed by atoms with Crippen LogP contribution in [0, 0.1) is 13.8 Å². The van der Waals surface area contributed by atoms with Crippen LogP contribution in [-0.4, -0.2) is 50.0 Å². The van der Waals surface area contributed by atoms with Crippen LogP contribution in [0.2, 0.25) is 10.0 Å². The first-order chi connectivity index (χ1) is 16.2. The quantitative estimate of drug-likeness (QED) is 0.471. The van der Waals surface area contributed by atoms with Gasteiger partial charge in [0.2, 0.25) is 21.8 Å². The molecule has 0 aliphatic heterocycles. The van der Waals surface area contributed by atoms with Crippen LogP contribution in [-0.2, 0) is 26.2 Å². The molecule has 0 saturated heterocycles. The number of amides is 2. The largest absolute Gasteiger partial charge is 0.352 e. The van der Waals surface area contributed by atoms with Crippen LogP contribution in [0.5, 0.6) is 0 Å². The van der Waals surface area contributed by atoms with Gasteiger partial charge in [0.25, 0.3) is 0 Å². The molecule has 35 heavy (non-hydrogen) atoms. The van der Waals surface area contributed by atoms with Crippen molar-refractivity contribution in [2.45, 2.75) is 59.7 Å². The number of nitrogens with one attached hydrogen (secondary N) is 1. The lowest BCUT2D eigenvalue weighted by Crippen LogP contribution is -2.53. The number of rotatable bonds is 10. The van der Waals surface area contributed by atoms with Gasteiger partial charge in [0, 0.05) is 12.6 Å². The molecule has 0 aromatic heterocycles. The minimum Gasteiger partial charge on any atom is -0.352 e. The second-order valence-corrected chi connectivity index (χ2v) is 11.6. The Morgan fingerprint density at radius 2 is 1.69 bits per heavy atom. The van der Waals surface area contributed by atoms with Crippen molar-refractivity contribution in [3.05, 3.63) is 63.1 Å². The average Bonchev–Trinajstić information content (AvgIpc) is 2.73. The molecule has 0 unspecified atom stereocenters. The summed E-state index contributed by atoms with van der Waals surface area (Å²) >= 11 is 12.2. The summed E-state index contributed by atoms with van der Waals surface area (Å²) in [6.07, 6.45) is 1.40. The molecule has 2 amide bonds. The van der Waals surface area contributed by atoms with Crippen molar-refractivity contribution in [1.29, 1.82) is 0 Å². The number of sulfonamides is 1. The van der Waals surface area contributed by atoms with E-state index in [9.17, 15) is 18.0 Å². The molecule has 7 nitrogen and oxygen atoms in total. The number of benzene rings is 2. The van der Waals surface area contributed by atoms with Crippen molar-refractivity contribution in [2.75, 3.05) is 17.1 Å². The smallest absolute Gasteiger partial charge is 0.244 e. The van der Waals surface area contributed by atoms with E-state index in [-0.39, 0.29) is 18.5 Å². The van der Waals surface area contributed by atoms with Gasteiger partial charge in [0.1, 0.15) is 12.6 Å². The van der Waals surface area contributed by atoms with Gasteiger partial charge in [0.15, 0.2) is 0 Å². The van der Waals surface area contributed by atoms with Crippen molar-refractivity contribution in [1.82, 2.24) is 10.2 Å². The van der Waals surface area contributed by atoms with E-state index >= 15 is 0 Å². The number of carbonyl (C=O) groups is 2. The Morgan fingerprint density at radius 1 is 1.03 bits per heavy atom. The summed E-state index contributed by atoms with van der Waals surface area (Å²) in [5.41, 5.74) is 2.79. The Kier molecular flexibility index (Phi) is 10.0. The van der Waals surface area contributed by atoms with E-state index < -0.39 is 28.5 Å². The summed E-state index contributed by atoms with van der Waals surface area (Å²) in [5, 5.41) is 3.55. The highest BCUT2D eigenvalue weighted by Gasteiger charge is 2.32. The third-order valence-electron chi connectivity index (χ3n) is 5.45. The van der Waals surface area contributed by atoms with Crippen LogP contribution >= 0.6 is 23.2 Å². The maximum absolute atomic E-state index is 13.7. The van der Waals surface area contributed by atoms with Crippen LogP contribution in [0.25, 0.3) is 0 Å². The summed E-state index contributed by atoms with van der Waals surface area (Å²) < 4.78 is 26.5. The normalized spacial score (nSPS) is 12.4. The van der Waals surface area contributed by atoms with Gasteiger partial charge in [0.05, 0.1) is 22.0 Å². The summed E-state index contributed by atoms with van der Waals surface area (Å²) in [6.45, 7) is 8.79. The Hall–Kier alpha value is -2.29. The molecule has 0 fully saturated rings. The molecule has 2 aromatic carbocycles. The number of hydrogen-bond acceptors (Lipinski definition) is 4. The summed E-state index contributed by atoms with van der Waals surface area (Å²) in [5.74, 6) is -0.819. The molecular formula is C25H33Cl2N3O4S. The fourth-order valence-electron chi connectivity index (χ4n) is 3.81. The Morgan fingerprint density at radius 3 is 2.20 bits per heavy atom. The van der Waals surface area contributed by atoms with Crippen LogP contribution < -0.4 is 9.62 Å². The highest BCUT2D eigenvalue weighted by Crippen LogP contribution is 2.26. The van der Waals surface area contributed by atoms with E-state index in [4.69, 9.17) is 23.2 Å². The Balaban J connectivity index is 2.50. The van der Waals surface area contributed by atoms with Gasteiger partial charge in [-0.1, -0.05) is 53.9 Å². The lowest BCUT2D eigenvalue weighted by atomic mass is 10.1. The van der Waals surface area contributed by atoms with Gasteiger partial charge >= 0.3 is 0 Å². The third-order valence-corrected chi connectivity index (χ3v) is 7.32. The number of hydrogen-bond donors (Lipinski definition) is 1. The minimum atomic E-state index is -3.79. The molecule has 0 radical (unpaired) electrons. The first kappa shape index (κ1) is 28.9. The molecule has 0 heterocycles. The third kappa shape index (κ3) is 7.85. The average molecular weight is 543 g/mol. The predicted octanol–water partition coefficient (Wildman–Crippen LogP) is 4.71. The van der Waals surface area contributed by atoms with Gasteiger partial charge in [-0.15, -0.1) is 0 Å². The van der Waals surface area contributed by atoms with Gasteiger partial charge in [-0.25, -0.2) is 8.42 Å². The van der Waals surface area contributed by atoms with Crippen molar-refractivity contribution in [3.63, 3.8) is 0 Å². The molecule has 0 aliphatic rings. The highest BCUT2D eigenvalue weighted by atomic mass is 35.5. The van der Waals surface area contributed by atoms with E-state index in [2.05, 4.69) is 5.32 Å². The number of anilines is 1. The monoisotopic (exact) mass is 541 g/mol. The molecule has 0 spiro atoms. The molecule has 1 atom stereocenters. The van der Waals surface area contributed by atoms with Crippen molar-refractivity contribution < 1.29 is 18.0 Å². The zero-order chi connectivity index (χ0) is 26.5. The lowest BCUT2D eigenvalue weighted by Gasteiger charge is -2.33. The van der Waals surface area contributed by atoms with Gasteiger partial charge in [-0.3, -0.25) is 13.9 Å². The molecule has 2 aromatic rings. The maximum atomic E-state index is 13.7. The van der Waals surface area contributed by atoms with Crippen LogP contribution in [0.3, 0.4) is 0 Å². The second-order valence-electron chi connectivity index (χ2n) is 8.92. The number of carbonyl (C=O) groups excluding carboxylic acids is 2. The lowest BCUT2D eigenvalue weighted by molar-refractivity contribution is -0.140. The van der Waals surface area contributed by atoms with Gasteiger partial charge in [-0.2, -0.15) is 0 Å². The van der Waals surface area contributed by atoms with Crippen LogP contribution in [0.1, 0.15) is 43.9 Å². The van der Waals surface area contributed by atoms with Crippen molar-refractivity contribution >= 4 is 50.7 Å². The van der Waals surface area contributed by atoms with E-state index in [0.29, 0.717) is 27.7 Å². The summed E-state index contributed by atoms with van der Waals surface area (Å²) in [4.78, 5) is 28.1. The van der Waals surface area contributed by atoms with Crippen LogP contribution in [0.15, 0.2) is 36.4 Å². The fraction of sp³-hybridized carbons (Fsp3) is 0.440. The SMILES string of the molecule is CC[C@H](C(=O)NC(C)C)N(Cc1ccc(Cl)c(Cl)c1)C(=O)CN(c1ccc(C)cc1C)S(C)(=O)=O. The molecule has 0 saturated carbocycles. The number of halogens is 2. The van der Waals surface area contributed by atoms with Crippen molar-refractivity contribution in [3.8, 4) is 0 Å².